The highest BCUT2D eigenvalue weighted by atomic mass is 32.2. The number of amides is 2. The van der Waals surface area contributed by atoms with Crippen molar-refractivity contribution in [1.29, 1.82) is 0 Å². The Morgan fingerprint density at radius 3 is 2.38 bits per heavy atom. The van der Waals surface area contributed by atoms with Crippen molar-refractivity contribution in [3.8, 4) is 0 Å². The molecule has 2 aromatic carbocycles. The van der Waals surface area contributed by atoms with Crippen molar-refractivity contribution >= 4 is 33.2 Å². The van der Waals surface area contributed by atoms with Crippen molar-refractivity contribution in [2.45, 2.75) is 30.9 Å². The van der Waals surface area contributed by atoms with Gasteiger partial charge in [-0.2, -0.15) is 10.1 Å². The third-order valence-electron chi connectivity index (χ3n) is 5.14. The van der Waals surface area contributed by atoms with Gasteiger partial charge in [0.25, 0.3) is 5.91 Å². The summed E-state index contributed by atoms with van der Waals surface area (Å²) in [5, 5.41) is 11.9. The molecule has 1 aromatic heterocycles. The first-order valence-corrected chi connectivity index (χ1v) is 12.3. The van der Waals surface area contributed by atoms with Gasteiger partial charge in [0.05, 0.1) is 17.6 Å². The summed E-state index contributed by atoms with van der Waals surface area (Å²) in [6.07, 6.45) is 1.93. The molecule has 4 rings (SSSR count). The van der Waals surface area contributed by atoms with E-state index in [0.717, 1.165) is 11.8 Å². The lowest BCUT2D eigenvalue weighted by Gasteiger charge is -2.29. The Kier molecular flexibility index (Phi) is 6.46. The van der Waals surface area contributed by atoms with Crippen LogP contribution in [0, 0.1) is 0 Å². The van der Waals surface area contributed by atoms with E-state index in [2.05, 4.69) is 15.6 Å². The lowest BCUT2D eigenvalue weighted by Crippen LogP contribution is -2.41. The van der Waals surface area contributed by atoms with E-state index >= 15 is 0 Å². The molecule has 34 heavy (non-hydrogen) atoms. The fourth-order valence-corrected chi connectivity index (χ4v) is 3.99. The number of hydrogen-bond donors (Lipinski definition) is 1. The molecule has 3 aromatic rings. The van der Waals surface area contributed by atoms with E-state index in [1.165, 1.54) is 29.4 Å². The largest absolute Gasteiger partial charge is 0.438 e. The van der Waals surface area contributed by atoms with Crippen molar-refractivity contribution in [3.05, 3.63) is 77.7 Å². The Labute approximate surface area is 196 Å². The fraction of sp³-hybridized carbons (Fsp3) is 0.217. The third-order valence-corrected chi connectivity index (χ3v) is 6.27. The second-order valence-electron chi connectivity index (χ2n) is 7.65. The van der Waals surface area contributed by atoms with Crippen LogP contribution in [-0.2, 0) is 21.1 Å². The first-order chi connectivity index (χ1) is 16.2. The van der Waals surface area contributed by atoms with Crippen LogP contribution in [0.2, 0.25) is 0 Å². The lowest BCUT2D eigenvalue weighted by atomic mass is 10.0. The number of anilines is 1. The summed E-state index contributed by atoms with van der Waals surface area (Å²) in [6.45, 7) is 2.02. The molecule has 0 saturated carbocycles. The van der Waals surface area contributed by atoms with Crippen molar-refractivity contribution < 1.29 is 27.3 Å². The number of carbonyl (C=O) groups excluding carboxylic acids is 2. The summed E-state index contributed by atoms with van der Waals surface area (Å²) < 4.78 is 33.9. The van der Waals surface area contributed by atoms with Gasteiger partial charge in [-0.3, -0.25) is 4.79 Å². The molecule has 0 saturated heterocycles. The Hall–Kier alpha value is -3.99. The first kappa shape index (κ1) is 23.2. The summed E-state index contributed by atoms with van der Waals surface area (Å²) in [4.78, 5) is 24.8. The van der Waals surface area contributed by atoms with Crippen molar-refractivity contribution in [1.82, 2.24) is 10.2 Å². The number of benzene rings is 2. The number of carbonyl (C=O) groups is 2. The van der Waals surface area contributed by atoms with E-state index in [0.29, 0.717) is 23.4 Å². The van der Waals surface area contributed by atoms with E-state index in [1.54, 1.807) is 36.4 Å². The lowest BCUT2D eigenvalue weighted by molar-refractivity contribution is 0.0712. The minimum absolute atomic E-state index is 0.0945. The molecular formula is C23H22N4O6S. The minimum atomic E-state index is -3.32. The molecule has 1 atom stereocenters. The van der Waals surface area contributed by atoms with Gasteiger partial charge >= 0.3 is 6.09 Å². The molecule has 1 aliphatic rings. The molecule has 0 bridgehead atoms. The van der Waals surface area contributed by atoms with Gasteiger partial charge in [0.2, 0.25) is 5.76 Å². The number of rotatable bonds is 7. The quantitative estimate of drug-likeness (QED) is 0.545. The van der Waals surface area contributed by atoms with Crippen LogP contribution >= 0.6 is 0 Å². The standard InChI is InChI=1S/C23H22N4O6S/c1-3-19-21(16-6-10-18(11-7-16)34(2,30)31)26-27(23(29)32-19)14-15-4-8-17(9-5-15)25-22(28)20-12-13-24-33-20/h4-13,19H,3,14H2,1-2H3,(H,25,28). The van der Waals surface area contributed by atoms with Crippen LogP contribution in [0.3, 0.4) is 0 Å². The predicted molar refractivity (Wildman–Crippen MR) is 123 cm³/mol. The van der Waals surface area contributed by atoms with Gasteiger partial charge in [0, 0.05) is 23.6 Å². The third kappa shape index (κ3) is 5.15. The average molecular weight is 483 g/mol. The Bertz CT molecular complexity index is 1320. The van der Waals surface area contributed by atoms with Crippen LogP contribution < -0.4 is 5.32 Å². The number of hydrazone groups is 1. The Balaban J connectivity index is 1.51. The molecular weight excluding hydrogens is 460 g/mol. The Morgan fingerprint density at radius 2 is 1.79 bits per heavy atom. The van der Waals surface area contributed by atoms with Gasteiger partial charge in [0.15, 0.2) is 9.84 Å². The zero-order valence-electron chi connectivity index (χ0n) is 18.5. The van der Waals surface area contributed by atoms with Crippen LogP contribution in [0.25, 0.3) is 0 Å². The monoisotopic (exact) mass is 482 g/mol. The molecule has 176 valence electrons. The van der Waals surface area contributed by atoms with Gasteiger partial charge in [-0.15, -0.1) is 0 Å². The summed E-state index contributed by atoms with van der Waals surface area (Å²) in [7, 11) is -3.32. The van der Waals surface area contributed by atoms with Gasteiger partial charge < -0.3 is 14.6 Å². The number of aromatic nitrogens is 1. The van der Waals surface area contributed by atoms with Crippen LogP contribution in [0.4, 0.5) is 10.5 Å². The van der Waals surface area contributed by atoms with Crippen LogP contribution in [0.1, 0.15) is 35.0 Å². The molecule has 0 spiro atoms. The first-order valence-electron chi connectivity index (χ1n) is 10.4. The molecule has 0 aliphatic carbocycles. The zero-order valence-corrected chi connectivity index (χ0v) is 19.3. The van der Waals surface area contributed by atoms with Crippen molar-refractivity contribution in [2.24, 2.45) is 5.10 Å². The van der Waals surface area contributed by atoms with Gasteiger partial charge in [0.1, 0.15) is 11.8 Å². The van der Waals surface area contributed by atoms with Gasteiger partial charge in [-0.05, 0) is 36.2 Å². The van der Waals surface area contributed by atoms with Crippen LogP contribution in [-0.4, -0.2) is 48.7 Å². The highest BCUT2D eigenvalue weighted by molar-refractivity contribution is 7.90. The zero-order chi connectivity index (χ0) is 24.3. The maximum absolute atomic E-state index is 12.5. The molecule has 10 nitrogen and oxygen atoms in total. The maximum atomic E-state index is 12.5. The second kappa shape index (κ2) is 9.48. The Morgan fingerprint density at radius 1 is 1.09 bits per heavy atom. The molecule has 2 amide bonds. The van der Waals surface area contributed by atoms with Gasteiger partial charge in [-0.1, -0.05) is 36.3 Å². The summed E-state index contributed by atoms with van der Waals surface area (Å²) in [5.74, 6) is -0.330. The van der Waals surface area contributed by atoms with E-state index in [9.17, 15) is 18.0 Å². The van der Waals surface area contributed by atoms with Crippen LogP contribution in [0.5, 0.6) is 0 Å². The smallest absolute Gasteiger partial charge is 0.431 e. The van der Waals surface area contributed by atoms with E-state index in [1.807, 2.05) is 6.92 Å². The number of nitrogens with one attached hydrogen (secondary N) is 1. The SMILES string of the molecule is CCC1OC(=O)N(Cc2ccc(NC(=O)c3ccno3)cc2)N=C1c1ccc(S(C)(=O)=O)cc1. The molecule has 11 heteroatoms. The number of cyclic esters (lactones) is 1. The molecule has 0 fully saturated rings. The topological polar surface area (TPSA) is 131 Å². The highest BCUT2D eigenvalue weighted by Gasteiger charge is 2.30. The van der Waals surface area contributed by atoms with Crippen LogP contribution in [0.15, 0.2) is 75.3 Å². The highest BCUT2D eigenvalue weighted by Crippen LogP contribution is 2.22. The number of hydrogen-bond acceptors (Lipinski definition) is 8. The molecule has 1 N–H and O–H groups in total. The number of ether oxygens (including phenoxy) is 1. The summed E-state index contributed by atoms with van der Waals surface area (Å²) in [5.41, 5.74) is 2.52. The van der Waals surface area contributed by atoms with E-state index in [4.69, 9.17) is 9.26 Å². The minimum Gasteiger partial charge on any atom is -0.438 e. The molecule has 1 unspecified atom stereocenters. The van der Waals surface area contributed by atoms with E-state index in [-0.39, 0.29) is 17.2 Å². The molecule has 1 aliphatic heterocycles. The van der Waals surface area contributed by atoms with E-state index < -0.39 is 27.9 Å². The van der Waals surface area contributed by atoms with Gasteiger partial charge in [-0.25, -0.2) is 13.2 Å². The molecule has 0 radical (unpaired) electrons. The number of sulfone groups is 1. The van der Waals surface area contributed by atoms with Crippen molar-refractivity contribution in [3.63, 3.8) is 0 Å². The fourth-order valence-electron chi connectivity index (χ4n) is 3.36. The summed E-state index contributed by atoms with van der Waals surface area (Å²) in [6, 6.07) is 14.7. The predicted octanol–water partition coefficient (Wildman–Crippen LogP) is 3.47. The average Bonchev–Trinajstić information content (AvgIpc) is 3.36. The summed E-state index contributed by atoms with van der Waals surface area (Å²) >= 11 is 0. The number of nitrogens with zero attached hydrogens (tertiary/aromatic N) is 3. The van der Waals surface area contributed by atoms with Crippen molar-refractivity contribution in [2.75, 3.05) is 11.6 Å². The second-order valence-corrected chi connectivity index (χ2v) is 9.66. The maximum Gasteiger partial charge on any atom is 0.431 e. The normalized spacial score (nSPS) is 16.1. The molecule has 2 heterocycles.